The molecule has 0 unspecified atom stereocenters. The molecule has 4 nitrogen and oxygen atoms in total. The number of nitrogens with two attached hydrogens (primary N) is 1. The lowest BCUT2D eigenvalue weighted by Crippen LogP contribution is -2.35. The number of carbonyl (C=O) groups excluding carboxylic acids is 1. The first kappa shape index (κ1) is 12.8. The molecule has 0 radical (unpaired) electrons. The number of fused-ring (bicyclic) bond motifs is 1. The van der Waals surface area contributed by atoms with Gasteiger partial charge in [0.1, 0.15) is 11.5 Å². The Labute approximate surface area is 118 Å². The van der Waals surface area contributed by atoms with Crippen molar-refractivity contribution >= 4 is 17.3 Å². The molecule has 2 aromatic rings. The second-order valence-electron chi connectivity index (χ2n) is 5.23. The third kappa shape index (κ3) is 1.97. The summed E-state index contributed by atoms with van der Waals surface area (Å²) in [5, 5.41) is 0. The van der Waals surface area contributed by atoms with Gasteiger partial charge in [0.05, 0.1) is 5.56 Å². The zero-order valence-electron chi connectivity index (χ0n) is 11.8. The third-order valence-electron chi connectivity index (χ3n) is 3.80. The molecule has 0 saturated heterocycles. The van der Waals surface area contributed by atoms with Crippen LogP contribution in [0.1, 0.15) is 33.9 Å². The normalized spacial score (nSPS) is 14.2. The van der Waals surface area contributed by atoms with Crippen LogP contribution in [0.3, 0.4) is 0 Å². The second kappa shape index (κ2) is 4.71. The van der Waals surface area contributed by atoms with Gasteiger partial charge in [-0.2, -0.15) is 0 Å². The molecule has 104 valence electrons. The molecule has 1 aliphatic rings. The first-order chi connectivity index (χ1) is 9.58. The van der Waals surface area contributed by atoms with Crippen LogP contribution in [0.25, 0.3) is 0 Å². The van der Waals surface area contributed by atoms with E-state index in [1.165, 1.54) is 0 Å². The van der Waals surface area contributed by atoms with Crippen molar-refractivity contribution in [3.8, 4) is 0 Å². The van der Waals surface area contributed by atoms with Crippen LogP contribution < -0.4 is 10.6 Å². The lowest BCUT2D eigenvalue weighted by molar-refractivity contribution is 0.0983. The summed E-state index contributed by atoms with van der Waals surface area (Å²) in [7, 11) is 0. The van der Waals surface area contributed by atoms with Gasteiger partial charge in [0.15, 0.2) is 0 Å². The Morgan fingerprint density at radius 1 is 1.35 bits per heavy atom. The SMILES string of the molecule is Cc1cc(C(=O)N2CCCc3c(N)cccc32)c(C)o1. The highest BCUT2D eigenvalue weighted by atomic mass is 16.3. The van der Waals surface area contributed by atoms with Crippen LogP contribution in [0.5, 0.6) is 0 Å². The zero-order valence-corrected chi connectivity index (χ0v) is 11.8. The van der Waals surface area contributed by atoms with E-state index in [0.29, 0.717) is 11.3 Å². The molecule has 1 amide bonds. The van der Waals surface area contributed by atoms with E-state index in [4.69, 9.17) is 10.2 Å². The van der Waals surface area contributed by atoms with Crippen molar-refractivity contribution in [2.45, 2.75) is 26.7 Å². The van der Waals surface area contributed by atoms with Crippen molar-refractivity contribution in [2.24, 2.45) is 0 Å². The maximum absolute atomic E-state index is 12.7. The van der Waals surface area contributed by atoms with Crippen LogP contribution in [-0.4, -0.2) is 12.5 Å². The van der Waals surface area contributed by atoms with Crippen molar-refractivity contribution in [3.63, 3.8) is 0 Å². The molecule has 20 heavy (non-hydrogen) atoms. The number of furan rings is 1. The van der Waals surface area contributed by atoms with Gasteiger partial charge in [-0.15, -0.1) is 0 Å². The third-order valence-corrected chi connectivity index (χ3v) is 3.80. The van der Waals surface area contributed by atoms with Crippen LogP contribution >= 0.6 is 0 Å². The first-order valence-corrected chi connectivity index (χ1v) is 6.84. The minimum Gasteiger partial charge on any atom is -0.466 e. The number of anilines is 2. The summed E-state index contributed by atoms with van der Waals surface area (Å²) < 4.78 is 5.47. The summed E-state index contributed by atoms with van der Waals surface area (Å²) in [5.41, 5.74) is 9.42. The number of hydrogen-bond acceptors (Lipinski definition) is 3. The molecule has 1 aliphatic heterocycles. The molecule has 0 atom stereocenters. The van der Waals surface area contributed by atoms with E-state index in [1.54, 1.807) is 6.07 Å². The van der Waals surface area contributed by atoms with E-state index in [9.17, 15) is 4.79 Å². The smallest absolute Gasteiger partial charge is 0.261 e. The molecular formula is C16H18N2O2. The molecule has 0 spiro atoms. The predicted molar refractivity (Wildman–Crippen MR) is 79.0 cm³/mol. The van der Waals surface area contributed by atoms with Crippen LogP contribution in [0, 0.1) is 13.8 Å². The Morgan fingerprint density at radius 3 is 2.85 bits per heavy atom. The topological polar surface area (TPSA) is 59.5 Å². The van der Waals surface area contributed by atoms with Crippen LogP contribution in [0.2, 0.25) is 0 Å². The average molecular weight is 270 g/mol. The zero-order chi connectivity index (χ0) is 14.3. The van der Waals surface area contributed by atoms with Crippen molar-refractivity contribution in [2.75, 3.05) is 17.2 Å². The van der Waals surface area contributed by atoms with Crippen molar-refractivity contribution in [3.05, 3.63) is 46.9 Å². The van der Waals surface area contributed by atoms with E-state index >= 15 is 0 Å². The molecule has 0 saturated carbocycles. The first-order valence-electron chi connectivity index (χ1n) is 6.84. The van der Waals surface area contributed by atoms with Gasteiger partial charge in [-0.1, -0.05) is 6.07 Å². The predicted octanol–water partition coefficient (Wildman–Crippen LogP) is 3.07. The minimum absolute atomic E-state index is 0.00843. The molecule has 2 heterocycles. The van der Waals surface area contributed by atoms with Gasteiger partial charge in [-0.25, -0.2) is 0 Å². The van der Waals surface area contributed by atoms with Gasteiger partial charge in [-0.05, 0) is 50.5 Å². The highest BCUT2D eigenvalue weighted by Gasteiger charge is 2.26. The Morgan fingerprint density at radius 2 is 2.15 bits per heavy atom. The quantitative estimate of drug-likeness (QED) is 0.810. The van der Waals surface area contributed by atoms with E-state index in [1.807, 2.05) is 36.9 Å². The summed E-state index contributed by atoms with van der Waals surface area (Å²) in [4.78, 5) is 14.5. The van der Waals surface area contributed by atoms with E-state index in [0.717, 1.165) is 42.1 Å². The minimum atomic E-state index is -0.00843. The number of benzene rings is 1. The van der Waals surface area contributed by atoms with Gasteiger partial charge in [0, 0.05) is 17.9 Å². The number of nitrogens with zero attached hydrogens (tertiary/aromatic N) is 1. The summed E-state index contributed by atoms with van der Waals surface area (Å²) in [6, 6.07) is 7.55. The van der Waals surface area contributed by atoms with Gasteiger partial charge >= 0.3 is 0 Å². The highest BCUT2D eigenvalue weighted by Crippen LogP contribution is 2.32. The summed E-state index contributed by atoms with van der Waals surface area (Å²) in [6.45, 7) is 4.40. The Bertz CT molecular complexity index is 673. The lowest BCUT2D eigenvalue weighted by atomic mass is 9.99. The number of carbonyl (C=O) groups is 1. The van der Waals surface area contributed by atoms with Crippen molar-refractivity contribution in [1.82, 2.24) is 0 Å². The fraction of sp³-hybridized carbons (Fsp3) is 0.312. The number of hydrogen-bond donors (Lipinski definition) is 1. The van der Waals surface area contributed by atoms with E-state index < -0.39 is 0 Å². The van der Waals surface area contributed by atoms with Crippen LogP contribution in [-0.2, 0) is 6.42 Å². The Balaban J connectivity index is 2.03. The standard InChI is InChI=1S/C16H18N2O2/c1-10-9-13(11(2)20-10)16(19)18-8-4-5-12-14(17)6-3-7-15(12)18/h3,6-7,9H,4-5,8,17H2,1-2H3. The number of nitrogen functional groups attached to an aromatic ring is 1. The van der Waals surface area contributed by atoms with Crippen LogP contribution in [0.15, 0.2) is 28.7 Å². The van der Waals surface area contributed by atoms with Gasteiger partial charge in [0.2, 0.25) is 0 Å². The molecule has 4 heteroatoms. The largest absolute Gasteiger partial charge is 0.466 e. The molecule has 3 rings (SSSR count). The molecule has 1 aromatic heterocycles. The van der Waals surface area contributed by atoms with E-state index in [-0.39, 0.29) is 5.91 Å². The summed E-state index contributed by atoms with van der Waals surface area (Å²) >= 11 is 0. The molecule has 1 aromatic carbocycles. The molecule has 0 aliphatic carbocycles. The average Bonchev–Trinajstić information content (AvgIpc) is 2.77. The van der Waals surface area contributed by atoms with Crippen molar-refractivity contribution in [1.29, 1.82) is 0 Å². The summed E-state index contributed by atoms with van der Waals surface area (Å²) in [5.74, 6) is 1.42. The fourth-order valence-corrected chi connectivity index (χ4v) is 2.85. The highest BCUT2D eigenvalue weighted by molar-refractivity contribution is 6.07. The number of aryl methyl sites for hydroxylation is 2. The number of rotatable bonds is 1. The molecular weight excluding hydrogens is 252 g/mol. The Hall–Kier alpha value is -2.23. The molecule has 0 bridgehead atoms. The van der Waals surface area contributed by atoms with Gasteiger partial charge < -0.3 is 15.1 Å². The summed E-state index contributed by atoms with van der Waals surface area (Å²) in [6.07, 6.45) is 1.86. The number of amides is 1. The lowest BCUT2D eigenvalue weighted by Gasteiger charge is -2.30. The van der Waals surface area contributed by atoms with Gasteiger partial charge in [-0.3, -0.25) is 4.79 Å². The molecule has 2 N–H and O–H groups in total. The van der Waals surface area contributed by atoms with E-state index in [2.05, 4.69) is 0 Å². The monoisotopic (exact) mass is 270 g/mol. The molecule has 0 fully saturated rings. The van der Waals surface area contributed by atoms with Crippen molar-refractivity contribution < 1.29 is 9.21 Å². The Kier molecular flexibility index (Phi) is 3.01. The van der Waals surface area contributed by atoms with Crippen LogP contribution in [0.4, 0.5) is 11.4 Å². The fourth-order valence-electron chi connectivity index (χ4n) is 2.85. The second-order valence-corrected chi connectivity index (χ2v) is 5.23. The van der Waals surface area contributed by atoms with Gasteiger partial charge in [0.25, 0.3) is 5.91 Å². The maximum Gasteiger partial charge on any atom is 0.261 e. The maximum atomic E-state index is 12.7.